The third-order valence-corrected chi connectivity index (χ3v) is 3.87. The molecule has 118 valence electrons. The summed E-state index contributed by atoms with van der Waals surface area (Å²) < 4.78 is 16.1. The summed E-state index contributed by atoms with van der Waals surface area (Å²) >= 11 is 0. The fraction of sp³-hybridized carbons (Fsp3) is 0.211. The molecule has 0 atom stereocenters. The van der Waals surface area contributed by atoms with Gasteiger partial charge in [0, 0.05) is 5.57 Å². The molecule has 23 heavy (non-hydrogen) atoms. The van der Waals surface area contributed by atoms with Gasteiger partial charge in [0.1, 0.15) is 23.9 Å². The first-order valence-electron chi connectivity index (χ1n) is 7.33. The van der Waals surface area contributed by atoms with E-state index in [-0.39, 0.29) is 12.4 Å². The molecule has 4 heteroatoms. The number of benzene rings is 2. The maximum absolute atomic E-state index is 12.7. The number of fused-ring (bicyclic) bond motifs is 1. The van der Waals surface area contributed by atoms with Crippen molar-refractivity contribution in [3.8, 4) is 17.2 Å². The molecule has 0 unspecified atom stereocenters. The quantitative estimate of drug-likeness (QED) is 0.811. The predicted molar refractivity (Wildman–Crippen MR) is 88.5 cm³/mol. The van der Waals surface area contributed by atoms with Crippen LogP contribution in [-0.2, 0) is 0 Å². The molecule has 0 saturated heterocycles. The molecule has 0 aliphatic carbocycles. The van der Waals surface area contributed by atoms with Crippen molar-refractivity contribution < 1.29 is 19.0 Å². The first-order valence-corrected chi connectivity index (χ1v) is 7.33. The van der Waals surface area contributed by atoms with Crippen molar-refractivity contribution in [2.24, 2.45) is 0 Å². The van der Waals surface area contributed by atoms with E-state index < -0.39 is 0 Å². The lowest BCUT2D eigenvalue weighted by Gasteiger charge is -2.19. The Morgan fingerprint density at radius 2 is 1.91 bits per heavy atom. The number of rotatable bonds is 3. The van der Waals surface area contributed by atoms with Crippen molar-refractivity contribution >= 4 is 11.9 Å². The second-order valence-corrected chi connectivity index (χ2v) is 5.38. The zero-order chi connectivity index (χ0) is 16.4. The monoisotopic (exact) mass is 310 g/mol. The molecule has 0 spiro atoms. The molecule has 0 saturated carbocycles. The van der Waals surface area contributed by atoms with E-state index in [2.05, 4.69) is 0 Å². The van der Waals surface area contributed by atoms with Gasteiger partial charge in [-0.05, 0) is 54.5 Å². The first kappa shape index (κ1) is 15.2. The molecule has 2 aromatic rings. The lowest BCUT2D eigenvalue weighted by Crippen LogP contribution is -2.19. The molecule has 0 amide bonds. The maximum Gasteiger partial charge on any atom is 0.196 e. The van der Waals surface area contributed by atoms with Crippen LogP contribution < -0.4 is 14.2 Å². The summed E-state index contributed by atoms with van der Waals surface area (Å²) in [6.07, 6.45) is 1.86. The number of methoxy groups -OCH3 is 2. The third kappa shape index (κ3) is 2.93. The van der Waals surface area contributed by atoms with Crippen LogP contribution in [-0.4, -0.2) is 26.6 Å². The second kappa shape index (κ2) is 6.16. The number of carbonyl (C=O) groups is 1. The zero-order valence-corrected chi connectivity index (χ0v) is 13.4. The Balaban J connectivity index is 1.95. The number of Topliss-reactive ketones (excluding diaryl/α,β-unsaturated/α-hetero) is 1. The van der Waals surface area contributed by atoms with Gasteiger partial charge < -0.3 is 14.2 Å². The highest BCUT2D eigenvalue weighted by atomic mass is 16.5. The largest absolute Gasteiger partial charge is 0.497 e. The Morgan fingerprint density at radius 1 is 1.09 bits per heavy atom. The molecule has 0 N–H and O–H groups in total. The minimum absolute atomic E-state index is 0.0291. The van der Waals surface area contributed by atoms with E-state index in [0.29, 0.717) is 22.6 Å². The van der Waals surface area contributed by atoms with E-state index in [1.54, 1.807) is 32.4 Å². The SMILES string of the molecule is COc1ccc2c(c1)C(=O)C(=Cc1ccc(OC)c(C)c1)CO2. The summed E-state index contributed by atoms with van der Waals surface area (Å²) in [6.45, 7) is 2.24. The molecule has 1 aliphatic rings. The molecule has 2 aromatic carbocycles. The Labute approximate surface area is 135 Å². The number of aryl methyl sites for hydroxylation is 1. The number of ether oxygens (including phenoxy) is 3. The molecule has 3 rings (SSSR count). The fourth-order valence-electron chi connectivity index (χ4n) is 2.63. The average Bonchev–Trinajstić information content (AvgIpc) is 2.57. The number of carbonyl (C=O) groups excluding carboxylic acids is 1. The zero-order valence-electron chi connectivity index (χ0n) is 13.4. The van der Waals surface area contributed by atoms with Crippen LogP contribution in [0.5, 0.6) is 17.2 Å². The molecule has 1 aliphatic heterocycles. The van der Waals surface area contributed by atoms with Crippen LogP contribution >= 0.6 is 0 Å². The van der Waals surface area contributed by atoms with Crippen molar-refractivity contribution in [3.05, 3.63) is 58.7 Å². The normalized spacial score (nSPS) is 15.1. The van der Waals surface area contributed by atoms with Crippen molar-refractivity contribution in [2.75, 3.05) is 20.8 Å². The van der Waals surface area contributed by atoms with E-state index in [4.69, 9.17) is 14.2 Å². The lowest BCUT2D eigenvalue weighted by molar-refractivity contribution is 0.100. The van der Waals surface area contributed by atoms with Gasteiger partial charge in [0.05, 0.1) is 19.8 Å². The van der Waals surface area contributed by atoms with Crippen LogP contribution in [0.1, 0.15) is 21.5 Å². The predicted octanol–water partition coefficient (Wildman–Crippen LogP) is 3.67. The van der Waals surface area contributed by atoms with E-state index >= 15 is 0 Å². The standard InChI is InChI=1S/C19H18O4/c1-12-8-13(4-6-17(12)22-3)9-14-11-23-18-7-5-15(21-2)10-16(18)19(14)20/h4-10H,11H2,1-3H3. The molecule has 0 fully saturated rings. The van der Waals surface area contributed by atoms with Gasteiger partial charge in [-0.3, -0.25) is 4.79 Å². The van der Waals surface area contributed by atoms with Crippen LogP contribution in [0.3, 0.4) is 0 Å². The van der Waals surface area contributed by atoms with E-state index in [1.165, 1.54) is 0 Å². The van der Waals surface area contributed by atoms with Crippen molar-refractivity contribution in [1.29, 1.82) is 0 Å². The van der Waals surface area contributed by atoms with Crippen LogP contribution in [0.4, 0.5) is 0 Å². The highest BCUT2D eigenvalue weighted by molar-refractivity contribution is 6.14. The van der Waals surface area contributed by atoms with Gasteiger partial charge in [-0.15, -0.1) is 0 Å². The van der Waals surface area contributed by atoms with Crippen LogP contribution in [0.15, 0.2) is 42.0 Å². The molecular formula is C19H18O4. The second-order valence-electron chi connectivity index (χ2n) is 5.38. The maximum atomic E-state index is 12.7. The van der Waals surface area contributed by atoms with Crippen LogP contribution in [0.25, 0.3) is 6.08 Å². The molecule has 0 bridgehead atoms. The van der Waals surface area contributed by atoms with E-state index in [9.17, 15) is 4.79 Å². The number of hydrogen-bond donors (Lipinski definition) is 0. The van der Waals surface area contributed by atoms with Crippen molar-refractivity contribution in [1.82, 2.24) is 0 Å². The lowest BCUT2D eigenvalue weighted by atomic mass is 9.97. The molecule has 0 aromatic heterocycles. The highest BCUT2D eigenvalue weighted by Crippen LogP contribution is 2.31. The summed E-state index contributed by atoms with van der Waals surface area (Å²) in [5, 5.41) is 0. The summed E-state index contributed by atoms with van der Waals surface area (Å²) in [5.41, 5.74) is 3.12. The van der Waals surface area contributed by atoms with Crippen molar-refractivity contribution in [3.63, 3.8) is 0 Å². The summed E-state index contributed by atoms with van der Waals surface area (Å²) in [4.78, 5) is 12.7. The molecular weight excluding hydrogens is 292 g/mol. The Morgan fingerprint density at radius 3 is 2.61 bits per heavy atom. The van der Waals surface area contributed by atoms with Gasteiger partial charge in [-0.2, -0.15) is 0 Å². The molecule has 1 heterocycles. The number of hydrogen-bond acceptors (Lipinski definition) is 4. The van der Waals surface area contributed by atoms with Crippen molar-refractivity contribution in [2.45, 2.75) is 6.92 Å². The molecule has 0 radical (unpaired) electrons. The van der Waals surface area contributed by atoms with Crippen LogP contribution in [0.2, 0.25) is 0 Å². The Bertz CT molecular complexity index is 790. The summed E-state index contributed by atoms with van der Waals surface area (Å²) in [7, 11) is 3.22. The first-order chi connectivity index (χ1) is 11.1. The topological polar surface area (TPSA) is 44.8 Å². The third-order valence-electron chi connectivity index (χ3n) is 3.87. The Kier molecular flexibility index (Phi) is 4.06. The van der Waals surface area contributed by atoms with Crippen LogP contribution in [0, 0.1) is 6.92 Å². The van der Waals surface area contributed by atoms with Gasteiger partial charge in [0.15, 0.2) is 5.78 Å². The van der Waals surface area contributed by atoms with E-state index in [1.807, 2.05) is 31.2 Å². The smallest absolute Gasteiger partial charge is 0.196 e. The molecule has 4 nitrogen and oxygen atoms in total. The van der Waals surface area contributed by atoms with Gasteiger partial charge >= 0.3 is 0 Å². The summed E-state index contributed by atoms with van der Waals surface area (Å²) in [6, 6.07) is 11.1. The van der Waals surface area contributed by atoms with E-state index in [0.717, 1.165) is 16.9 Å². The Hall–Kier alpha value is -2.75. The minimum Gasteiger partial charge on any atom is -0.497 e. The average molecular weight is 310 g/mol. The minimum atomic E-state index is -0.0291. The van der Waals surface area contributed by atoms with Gasteiger partial charge in [-0.25, -0.2) is 0 Å². The van der Waals surface area contributed by atoms with Gasteiger partial charge in [-0.1, -0.05) is 6.07 Å². The highest BCUT2D eigenvalue weighted by Gasteiger charge is 2.23. The summed E-state index contributed by atoms with van der Waals surface area (Å²) in [5.74, 6) is 2.04. The van der Waals surface area contributed by atoms with Gasteiger partial charge in [0.25, 0.3) is 0 Å². The number of ketones is 1. The fourth-order valence-corrected chi connectivity index (χ4v) is 2.63. The van der Waals surface area contributed by atoms with Gasteiger partial charge in [0.2, 0.25) is 0 Å².